The second kappa shape index (κ2) is 15.2. The Morgan fingerprint density at radius 1 is 0.980 bits per heavy atom. The monoisotopic (exact) mass is 668 g/mol. The number of fused-ring (bicyclic) bond motifs is 1. The first-order valence-electron chi connectivity index (χ1n) is 16.3. The molecule has 256 valence electrons. The zero-order valence-electron chi connectivity index (χ0n) is 27.5. The van der Waals surface area contributed by atoms with E-state index in [2.05, 4.69) is 15.5 Å². The van der Waals surface area contributed by atoms with Crippen LogP contribution in [0.5, 0.6) is 11.5 Å². The van der Waals surface area contributed by atoms with Crippen molar-refractivity contribution in [3.05, 3.63) is 107 Å². The maximum atomic E-state index is 13.8. The molecule has 0 spiro atoms. The highest BCUT2D eigenvalue weighted by Crippen LogP contribution is 2.38. The van der Waals surface area contributed by atoms with Crippen LogP contribution in [0.4, 0.5) is 9.59 Å². The van der Waals surface area contributed by atoms with Crippen LogP contribution in [-0.4, -0.2) is 67.3 Å². The van der Waals surface area contributed by atoms with E-state index in [1.165, 1.54) is 7.11 Å². The third kappa shape index (κ3) is 7.86. The molecule has 0 aliphatic carbocycles. The molecular formula is C37H40N4O8. The number of ether oxygens (including phenoxy) is 4. The Morgan fingerprint density at radius 2 is 1.71 bits per heavy atom. The number of allylic oxidation sites excluding steroid dienone is 1. The molecule has 3 aliphatic heterocycles. The number of imide groups is 1. The van der Waals surface area contributed by atoms with Crippen LogP contribution in [0.1, 0.15) is 48.5 Å². The lowest BCUT2D eigenvalue weighted by molar-refractivity contribution is -0.152. The Bertz CT molecular complexity index is 1700. The van der Waals surface area contributed by atoms with Gasteiger partial charge in [-0.05, 0) is 61.2 Å². The molecule has 1 saturated heterocycles. The summed E-state index contributed by atoms with van der Waals surface area (Å²) < 4.78 is 21.8. The summed E-state index contributed by atoms with van der Waals surface area (Å²) in [5.74, 6) is -0.702. The molecule has 0 bridgehead atoms. The lowest BCUT2D eigenvalue weighted by Gasteiger charge is -2.40. The number of nitrogens with zero attached hydrogens (tertiary/aromatic N) is 2. The van der Waals surface area contributed by atoms with Crippen LogP contribution in [-0.2, 0) is 25.7 Å². The molecule has 6 rings (SSSR count). The fourth-order valence-electron chi connectivity index (χ4n) is 6.55. The van der Waals surface area contributed by atoms with E-state index in [1.807, 2.05) is 60.7 Å². The Labute approximate surface area is 284 Å². The van der Waals surface area contributed by atoms with Gasteiger partial charge < -0.3 is 29.6 Å². The van der Waals surface area contributed by atoms with Crippen LogP contribution in [0.2, 0.25) is 0 Å². The average Bonchev–Trinajstić information content (AvgIpc) is 3.60. The van der Waals surface area contributed by atoms with Gasteiger partial charge in [-0.25, -0.2) is 14.5 Å². The first-order chi connectivity index (χ1) is 23.8. The number of likely N-dealkylation sites (tertiary alicyclic amines) is 1. The van der Waals surface area contributed by atoms with E-state index in [-0.39, 0.29) is 44.4 Å². The van der Waals surface area contributed by atoms with Crippen molar-refractivity contribution in [2.24, 2.45) is 11.8 Å². The standard InChI is InChI=1S/C37H40N4O8/c1-24-17-31(27-13-14-32-33(19-27)49-23-48-32)41(37(45)39-24)36(44)38-20-29(35(43)47-22-25-9-5-3-6-10-25)21-40-16-15-28(34(42)46-2)18-30(40)26-11-7-4-8-12-26/h3-14,17,19,28-31H,15-16,18,20-23H2,1-2H3,(H,38,44)(H,39,45). The molecule has 1 fully saturated rings. The summed E-state index contributed by atoms with van der Waals surface area (Å²) in [7, 11) is 1.39. The van der Waals surface area contributed by atoms with E-state index >= 15 is 0 Å². The number of rotatable bonds is 10. The normalized spacial score (nSPS) is 20.9. The maximum absolute atomic E-state index is 13.8. The largest absolute Gasteiger partial charge is 0.469 e. The van der Waals surface area contributed by atoms with Crippen molar-refractivity contribution in [2.75, 3.05) is 33.5 Å². The van der Waals surface area contributed by atoms with Crippen molar-refractivity contribution in [3.63, 3.8) is 0 Å². The number of nitrogens with one attached hydrogen (secondary N) is 2. The number of amides is 4. The average molecular weight is 669 g/mol. The van der Waals surface area contributed by atoms with Gasteiger partial charge in [-0.15, -0.1) is 0 Å². The van der Waals surface area contributed by atoms with Gasteiger partial charge in [0.15, 0.2) is 11.5 Å². The molecule has 0 radical (unpaired) electrons. The van der Waals surface area contributed by atoms with Gasteiger partial charge in [0.2, 0.25) is 6.79 Å². The summed E-state index contributed by atoms with van der Waals surface area (Å²) in [6.45, 7) is 2.60. The second-order valence-electron chi connectivity index (χ2n) is 12.3. The van der Waals surface area contributed by atoms with Gasteiger partial charge in [-0.3, -0.25) is 14.5 Å². The highest BCUT2D eigenvalue weighted by atomic mass is 16.7. The van der Waals surface area contributed by atoms with Gasteiger partial charge in [0.25, 0.3) is 0 Å². The van der Waals surface area contributed by atoms with Crippen LogP contribution < -0.4 is 20.1 Å². The summed E-state index contributed by atoms with van der Waals surface area (Å²) in [6.07, 6.45) is 2.86. The number of urea groups is 2. The number of methoxy groups -OCH3 is 1. The summed E-state index contributed by atoms with van der Waals surface area (Å²) in [6, 6.07) is 22.3. The molecule has 2 N–H and O–H groups in total. The quantitative estimate of drug-likeness (QED) is 0.284. The highest BCUT2D eigenvalue weighted by molar-refractivity contribution is 5.96. The molecule has 12 nitrogen and oxygen atoms in total. The first kappa shape index (κ1) is 33.5. The van der Waals surface area contributed by atoms with Gasteiger partial charge in [0.1, 0.15) is 6.61 Å². The summed E-state index contributed by atoms with van der Waals surface area (Å²) in [4.78, 5) is 56.6. The van der Waals surface area contributed by atoms with Crippen molar-refractivity contribution >= 4 is 24.0 Å². The lowest BCUT2D eigenvalue weighted by atomic mass is 9.86. The minimum absolute atomic E-state index is 0.0709. The Balaban J connectivity index is 1.22. The number of esters is 2. The van der Waals surface area contributed by atoms with Crippen LogP contribution in [0.25, 0.3) is 0 Å². The molecule has 4 unspecified atom stereocenters. The van der Waals surface area contributed by atoms with Crippen molar-refractivity contribution in [3.8, 4) is 11.5 Å². The topological polar surface area (TPSA) is 136 Å². The van der Waals surface area contributed by atoms with E-state index in [0.717, 1.165) is 16.0 Å². The predicted molar refractivity (Wildman–Crippen MR) is 178 cm³/mol. The molecule has 3 aliphatic rings. The molecule has 12 heteroatoms. The Morgan fingerprint density at radius 3 is 2.47 bits per heavy atom. The van der Waals surface area contributed by atoms with E-state index < -0.39 is 30.0 Å². The van der Waals surface area contributed by atoms with Crippen molar-refractivity contribution in [1.29, 1.82) is 0 Å². The predicted octanol–water partition coefficient (Wildman–Crippen LogP) is 5.08. The second-order valence-corrected chi connectivity index (χ2v) is 12.3. The van der Waals surface area contributed by atoms with E-state index in [1.54, 1.807) is 31.2 Å². The third-order valence-corrected chi connectivity index (χ3v) is 9.11. The molecule has 0 saturated carbocycles. The minimum atomic E-state index is -0.789. The fourth-order valence-corrected chi connectivity index (χ4v) is 6.55. The van der Waals surface area contributed by atoms with Gasteiger partial charge in [-0.2, -0.15) is 0 Å². The zero-order valence-corrected chi connectivity index (χ0v) is 27.5. The molecule has 0 aromatic heterocycles. The lowest BCUT2D eigenvalue weighted by Crippen LogP contribution is -2.53. The molecular weight excluding hydrogens is 628 g/mol. The van der Waals surface area contributed by atoms with Crippen molar-refractivity contribution < 1.29 is 38.1 Å². The fraction of sp³-hybridized carbons (Fsp3) is 0.351. The minimum Gasteiger partial charge on any atom is -0.469 e. The summed E-state index contributed by atoms with van der Waals surface area (Å²) in [5.41, 5.74) is 3.10. The smallest absolute Gasteiger partial charge is 0.330 e. The molecule has 4 atom stereocenters. The van der Waals surface area contributed by atoms with Crippen molar-refractivity contribution in [1.82, 2.24) is 20.4 Å². The van der Waals surface area contributed by atoms with Crippen LogP contribution in [0, 0.1) is 11.8 Å². The molecule has 49 heavy (non-hydrogen) atoms. The maximum Gasteiger partial charge on any atom is 0.330 e. The number of hydrogen-bond donors (Lipinski definition) is 2. The zero-order chi connectivity index (χ0) is 34.3. The van der Waals surface area contributed by atoms with Gasteiger partial charge >= 0.3 is 24.0 Å². The van der Waals surface area contributed by atoms with Crippen molar-refractivity contribution in [2.45, 2.75) is 38.5 Å². The number of benzene rings is 3. The SMILES string of the molecule is COC(=O)C1CCN(CC(CNC(=O)N2C(=O)NC(C)=CC2c2ccc3c(c2)OCO3)C(=O)OCc2ccccc2)C(c2ccccc2)C1. The summed E-state index contributed by atoms with van der Waals surface area (Å²) >= 11 is 0. The third-order valence-electron chi connectivity index (χ3n) is 9.11. The number of carbonyl (C=O) groups is 4. The van der Waals surface area contributed by atoms with E-state index in [0.29, 0.717) is 42.1 Å². The Kier molecular flexibility index (Phi) is 10.4. The molecule has 3 aromatic rings. The number of piperidine rings is 1. The van der Waals surface area contributed by atoms with Gasteiger partial charge in [0, 0.05) is 24.8 Å². The molecule has 4 amide bonds. The van der Waals surface area contributed by atoms with E-state index in [9.17, 15) is 19.2 Å². The highest BCUT2D eigenvalue weighted by Gasteiger charge is 2.38. The molecule has 3 heterocycles. The van der Waals surface area contributed by atoms with Gasteiger partial charge in [0.05, 0.1) is 25.0 Å². The summed E-state index contributed by atoms with van der Waals surface area (Å²) in [5, 5.41) is 5.56. The van der Waals surface area contributed by atoms with Crippen LogP contribution in [0.15, 0.2) is 90.6 Å². The van der Waals surface area contributed by atoms with E-state index in [4.69, 9.17) is 18.9 Å². The van der Waals surface area contributed by atoms with Crippen LogP contribution in [0.3, 0.4) is 0 Å². The van der Waals surface area contributed by atoms with Gasteiger partial charge in [-0.1, -0.05) is 66.7 Å². The Hall–Kier alpha value is -5.36. The van der Waals surface area contributed by atoms with Crippen LogP contribution >= 0.6 is 0 Å². The number of carbonyl (C=O) groups excluding carboxylic acids is 4. The first-order valence-corrected chi connectivity index (χ1v) is 16.3. The number of hydrogen-bond acceptors (Lipinski definition) is 9. The molecule has 3 aromatic carbocycles.